The van der Waals surface area contributed by atoms with E-state index >= 15 is 0 Å². The molecule has 40 heavy (non-hydrogen) atoms. The Morgan fingerprint density at radius 1 is 0.850 bits per heavy atom. The van der Waals surface area contributed by atoms with Crippen LogP contribution in [0.4, 0.5) is 4.79 Å². The van der Waals surface area contributed by atoms with E-state index in [1.165, 1.54) is 0 Å². The number of halogens is 4. The van der Waals surface area contributed by atoms with Gasteiger partial charge in [0.15, 0.2) is 18.8 Å². The molecule has 202 valence electrons. The zero-order valence-corrected chi connectivity index (χ0v) is 24.6. The lowest BCUT2D eigenvalue weighted by molar-refractivity contribution is -0.133. The number of amides is 2. The molecule has 1 heterocycles. The molecule has 0 spiro atoms. The molecule has 2 amide bonds. The Kier molecular flexibility index (Phi) is 10.2. The lowest BCUT2D eigenvalue weighted by Crippen LogP contribution is -2.53. The fraction of sp³-hybridized carbons (Fsp3) is 0.138. The largest absolute Gasteiger partial charge is 0.354 e. The fourth-order valence-electron chi connectivity index (χ4n) is 4.37. The molecule has 1 fully saturated rings. The maximum atomic E-state index is 13.9. The van der Waals surface area contributed by atoms with E-state index in [9.17, 15) is 14.4 Å². The van der Waals surface area contributed by atoms with Crippen molar-refractivity contribution in [2.24, 2.45) is 0 Å². The van der Waals surface area contributed by atoms with Crippen molar-refractivity contribution < 1.29 is 14.4 Å². The van der Waals surface area contributed by atoms with Crippen LogP contribution in [-0.2, 0) is 16.0 Å². The van der Waals surface area contributed by atoms with Crippen molar-refractivity contribution in [1.29, 1.82) is 0 Å². The number of benzene rings is 3. The Morgan fingerprint density at radius 3 is 1.85 bits per heavy atom. The standard InChI is InChI=1S/C29H24B2Cl4N2O3/c30-31-29(40)36-26(14-17-4-2-1-3-5-17)28(39)37-15-20(10-18-6-8-22(32)24(34)12-18)27(38)21(16-37)11-19-7-9-23(33)25(35)13-19/h1-13,26,31H,14-16,30H2,(H,36,40)/b20-10+,21-11+. The first-order valence-corrected chi connectivity index (χ1v) is 14.1. The minimum Gasteiger partial charge on any atom is -0.354 e. The van der Waals surface area contributed by atoms with Gasteiger partial charge in [-0.3, -0.25) is 14.4 Å². The molecular formula is C29H24B2Cl4N2O3. The van der Waals surface area contributed by atoms with Crippen molar-refractivity contribution in [1.82, 2.24) is 10.2 Å². The van der Waals surface area contributed by atoms with Crippen LogP contribution in [0.2, 0.25) is 20.1 Å². The van der Waals surface area contributed by atoms with Gasteiger partial charge in [-0.05, 0) is 53.1 Å². The second kappa shape index (κ2) is 13.6. The number of piperidine rings is 1. The molecule has 3 aromatic carbocycles. The quantitative estimate of drug-likeness (QED) is 0.284. The number of hydrogen-bond donors (Lipinski definition) is 1. The van der Waals surface area contributed by atoms with Gasteiger partial charge in [-0.25, -0.2) is 0 Å². The van der Waals surface area contributed by atoms with Gasteiger partial charge in [0.2, 0.25) is 5.91 Å². The SMILES string of the molecule is BBC(=O)NC(Cc1ccccc1)C(=O)N1C/C(=C\c2ccc(Cl)c(Cl)c2)C(=O)/C(=C/c2ccc(Cl)c(Cl)c2)C1. The van der Waals surface area contributed by atoms with Crippen molar-refractivity contribution in [3.8, 4) is 0 Å². The summed E-state index contributed by atoms with van der Waals surface area (Å²) in [5, 5.41) is 4.35. The van der Waals surface area contributed by atoms with Crippen LogP contribution in [0.5, 0.6) is 0 Å². The monoisotopic (exact) mass is 610 g/mol. The highest BCUT2D eigenvalue weighted by Crippen LogP contribution is 2.28. The number of hydrogen-bond acceptors (Lipinski definition) is 3. The molecule has 0 bridgehead atoms. The van der Waals surface area contributed by atoms with Gasteiger partial charge in [0.1, 0.15) is 6.04 Å². The van der Waals surface area contributed by atoms with Gasteiger partial charge in [-0.15, -0.1) is 0 Å². The summed E-state index contributed by atoms with van der Waals surface area (Å²) in [7, 11) is 1.97. The Bertz CT molecular complexity index is 1440. The van der Waals surface area contributed by atoms with E-state index in [4.69, 9.17) is 46.4 Å². The minimum absolute atomic E-state index is 0.0594. The first kappa shape index (κ1) is 30.0. The zero-order chi connectivity index (χ0) is 28.8. The molecule has 1 unspecified atom stereocenters. The number of likely N-dealkylation sites (tertiary alicyclic amines) is 1. The van der Waals surface area contributed by atoms with Crippen LogP contribution in [0.25, 0.3) is 12.2 Å². The number of nitrogens with zero attached hydrogens (tertiary/aromatic N) is 1. The average molecular weight is 612 g/mol. The van der Waals surface area contributed by atoms with Gasteiger partial charge in [-0.2, -0.15) is 0 Å². The van der Waals surface area contributed by atoms with Crippen LogP contribution in [0.1, 0.15) is 16.7 Å². The normalized spacial score (nSPS) is 16.2. The Morgan fingerprint density at radius 2 is 1.38 bits per heavy atom. The highest BCUT2D eigenvalue weighted by atomic mass is 35.5. The van der Waals surface area contributed by atoms with Crippen LogP contribution in [0.3, 0.4) is 0 Å². The summed E-state index contributed by atoms with van der Waals surface area (Å²) in [6.45, 7) is 0.119. The molecule has 11 heteroatoms. The molecule has 0 radical (unpaired) electrons. The third-order valence-electron chi connectivity index (χ3n) is 6.42. The molecule has 0 saturated carbocycles. The summed E-state index contributed by atoms with van der Waals surface area (Å²) in [5.41, 5.74) is 3.03. The molecular weight excluding hydrogens is 588 g/mol. The van der Waals surface area contributed by atoms with Crippen molar-refractivity contribution in [2.45, 2.75) is 12.5 Å². The van der Waals surface area contributed by atoms with E-state index in [-0.39, 0.29) is 37.8 Å². The molecule has 0 aliphatic carbocycles. The van der Waals surface area contributed by atoms with Gasteiger partial charge >= 0.3 is 0 Å². The van der Waals surface area contributed by atoms with Crippen molar-refractivity contribution in [3.05, 3.63) is 115 Å². The van der Waals surface area contributed by atoms with Crippen LogP contribution in [-0.4, -0.2) is 56.4 Å². The Balaban J connectivity index is 1.73. The summed E-state index contributed by atoms with van der Waals surface area (Å²) in [6.07, 6.45) is 3.71. The molecule has 1 saturated heterocycles. The van der Waals surface area contributed by atoms with Crippen molar-refractivity contribution in [3.63, 3.8) is 0 Å². The highest BCUT2D eigenvalue weighted by molar-refractivity contribution is 7.08. The van der Waals surface area contributed by atoms with E-state index in [0.29, 0.717) is 48.8 Å². The van der Waals surface area contributed by atoms with Crippen LogP contribution < -0.4 is 5.32 Å². The molecule has 1 N–H and O–H groups in total. The lowest BCUT2D eigenvalue weighted by atomic mass is 9.55. The number of carbonyl (C=O) groups is 3. The third kappa shape index (κ3) is 7.61. The van der Waals surface area contributed by atoms with Gasteiger partial charge < -0.3 is 10.2 Å². The average Bonchev–Trinajstić information content (AvgIpc) is 2.94. The summed E-state index contributed by atoms with van der Waals surface area (Å²) in [6, 6.07) is 18.8. The molecule has 1 aliphatic heterocycles. The van der Waals surface area contributed by atoms with Crippen LogP contribution in [0.15, 0.2) is 77.9 Å². The van der Waals surface area contributed by atoms with Gasteiger partial charge in [0, 0.05) is 30.7 Å². The maximum Gasteiger partial charge on any atom is 0.246 e. The van der Waals surface area contributed by atoms with Crippen LogP contribution >= 0.6 is 46.4 Å². The fourth-order valence-corrected chi connectivity index (χ4v) is 4.98. The summed E-state index contributed by atoms with van der Waals surface area (Å²) in [4.78, 5) is 41.5. The summed E-state index contributed by atoms with van der Waals surface area (Å²) in [5.74, 6) is -0.739. The van der Waals surface area contributed by atoms with E-state index in [0.717, 1.165) is 5.56 Å². The first-order chi connectivity index (χ1) is 19.1. The van der Waals surface area contributed by atoms with Gasteiger partial charge in [0.25, 0.3) is 0 Å². The number of ketones is 1. The second-order valence-corrected chi connectivity index (χ2v) is 11.0. The second-order valence-electron chi connectivity index (χ2n) is 9.37. The smallest absolute Gasteiger partial charge is 0.246 e. The molecule has 1 atom stereocenters. The predicted molar refractivity (Wildman–Crippen MR) is 169 cm³/mol. The van der Waals surface area contributed by atoms with Crippen molar-refractivity contribution in [2.75, 3.05) is 13.1 Å². The number of Topliss-reactive ketones (excluding diaryl/α,β-unsaturated/α-hetero) is 1. The molecule has 1 aliphatic rings. The zero-order valence-electron chi connectivity index (χ0n) is 21.6. The predicted octanol–water partition coefficient (Wildman–Crippen LogP) is 5.48. The van der Waals surface area contributed by atoms with E-state index < -0.39 is 6.04 Å². The summed E-state index contributed by atoms with van der Waals surface area (Å²) >= 11 is 24.6. The lowest BCUT2D eigenvalue weighted by Gasteiger charge is -2.33. The number of carbonyl (C=O) groups excluding carboxylic acids is 3. The Labute approximate surface area is 254 Å². The Hall–Kier alpha value is -2.96. The first-order valence-electron chi connectivity index (χ1n) is 12.6. The highest BCUT2D eigenvalue weighted by Gasteiger charge is 2.33. The maximum absolute atomic E-state index is 13.9. The minimum atomic E-state index is -0.805. The molecule has 0 aromatic heterocycles. The van der Waals surface area contributed by atoms with E-state index in [1.807, 2.05) is 30.3 Å². The molecule has 4 rings (SSSR count). The van der Waals surface area contributed by atoms with E-state index in [1.54, 1.807) is 61.2 Å². The molecule has 3 aromatic rings. The van der Waals surface area contributed by atoms with E-state index in [2.05, 4.69) is 5.32 Å². The topological polar surface area (TPSA) is 66.5 Å². The third-order valence-corrected chi connectivity index (χ3v) is 7.90. The molecule has 5 nitrogen and oxygen atoms in total. The number of rotatable bonds is 7. The van der Waals surface area contributed by atoms with Crippen molar-refractivity contribution >= 4 is 91.0 Å². The van der Waals surface area contributed by atoms with Gasteiger partial charge in [-0.1, -0.05) is 88.9 Å². The van der Waals surface area contributed by atoms with Crippen LogP contribution in [0, 0.1) is 0 Å². The van der Waals surface area contributed by atoms with Gasteiger partial charge in [0.05, 0.1) is 27.8 Å². The number of nitrogens with one attached hydrogen (secondary N) is 1. The summed E-state index contributed by atoms with van der Waals surface area (Å²) < 4.78 is 0.